The van der Waals surface area contributed by atoms with Gasteiger partial charge in [-0.1, -0.05) is 6.07 Å². The molecule has 1 fully saturated rings. The molecule has 1 aromatic heterocycles. The van der Waals surface area contributed by atoms with Crippen LogP contribution in [0, 0.1) is 0 Å². The van der Waals surface area contributed by atoms with E-state index in [2.05, 4.69) is 0 Å². The van der Waals surface area contributed by atoms with Gasteiger partial charge in [-0.25, -0.2) is 22.0 Å². The van der Waals surface area contributed by atoms with Gasteiger partial charge >= 0.3 is 0 Å². The molecule has 1 unspecified atom stereocenters. The lowest BCUT2D eigenvalue weighted by atomic mass is 10.2. The summed E-state index contributed by atoms with van der Waals surface area (Å²) < 4.78 is 49.7. The summed E-state index contributed by atoms with van der Waals surface area (Å²) >= 11 is 1.54. The quantitative estimate of drug-likeness (QED) is 0.886. The molecule has 1 atom stereocenters. The maximum absolute atomic E-state index is 12.9. The number of benzene rings is 1. The van der Waals surface area contributed by atoms with Crippen LogP contribution in [-0.4, -0.2) is 27.7 Å². The highest BCUT2D eigenvalue weighted by molar-refractivity contribution is 7.89. The lowest BCUT2D eigenvalue weighted by Gasteiger charge is -2.23. The molecule has 0 amide bonds. The van der Waals surface area contributed by atoms with Crippen molar-refractivity contribution in [3.8, 4) is 0 Å². The average molecular weight is 372 g/mol. The average Bonchev–Trinajstić information content (AvgIpc) is 3.17. The first-order valence-electron chi connectivity index (χ1n) is 6.98. The summed E-state index contributed by atoms with van der Waals surface area (Å²) in [4.78, 5) is 0.994. The summed E-state index contributed by atoms with van der Waals surface area (Å²) in [5, 5.41) is 6.97. The summed E-state index contributed by atoms with van der Waals surface area (Å²) in [5.74, 6) is 0. The Hall–Kier alpha value is -1.26. The van der Waals surface area contributed by atoms with Crippen LogP contribution in [0.25, 0.3) is 0 Å². The summed E-state index contributed by atoms with van der Waals surface area (Å²) in [6.07, 6.45) is 1.59. The third kappa shape index (κ3) is 3.20. The maximum atomic E-state index is 12.9. The van der Waals surface area contributed by atoms with Gasteiger partial charge in [-0.05, 0) is 48.6 Å². The minimum Gasteiger partial charge on any atom is -0.225 e. The highest BCUT2D eigenvalue weighted by Gasteiger charge is 2.36. The van der Waals surface area contributed by atoms with Gasteiger partial charge in [-0.15, -0.1) is 11.3 Å². The molecule has 1 aliphatic rings. The van der Waals surface area contributed by atoms with E-state index >= 15 is 0 Å². The molecule has 0 saturated carbocycles. The first kappa shape index (κ1) is 16.6. The second-order valence-electron chi connectivity index (χ2n) is 5.31. The van der Waals surface area contributed by atoms with E-state index in [9.17, 15) is 16.8 Å². The van der Waals surface area contributed by atoms with Gasteiger partial charge in [0, 0.05) is 11.4 Å². The smallest absolute Gasteiger partial charge is 0.225 e. The van der Waals surface area contributed by atoms with Crippen LogP contribution in [0.15, 0.2) is 51.6 Å². The van der Waals surface area contributed by atoms with Crippen LogP contribution in [0.1, 0.15) is 23.8 Å². The van der Waals surface area contributed by atoms with Crippen molar-refractivity contribution in [1.82, 2.24) is 4.31 Å². The predicted molar refractivity (Wildman–Crippen MR) is 88.0 cm³/mol. The summed E-state index contributed by atoms with van der Waals surface area (Å²) in [6, 6.07) is 8.71. The standard InChI is InChI=1S/C14H16N2O4S3/c15-22(17,18)11-5-7-12(8-6-11)23(19,20)16-9-1-3-13(16)14-4-2-10-21-14/h2,4-8,10,13H,1,3,9H2,(H2,15,17,18). The van der Waals surface area contributed by atoms with Gasteiger partial charge in [-0.2, -0.15) is 4.31 Å². The van der Waals surface area contributed by atoms with Crippen molar-refractivity contribution in [3.63, 3.8) is 0 Å². The van der Waals surface area contributed by atoms with E-state index in [1.54, 1.807) is 0 Å². The number of sulfonamides is 2. The Kier molecular flexibility index (Phi) is 4.32. The Balaban J connectivity index is 1.95. The van der Waals surface area contributed by atoms with Crippen molar-refractivity contribution in [2.45, 2.75) is 28.7 Å². The first-order valence-corrected chi connectivity index (χ1v) is 10.8. The number of nitrogens with two attached hydrogens (primary N) is 1. The third-order valence-electron chi connectivity index (χ3n) is 3.83. The van der Waals surface area contributed by atoms with Gasteiger partial charge < -0.3 is 0 Å². The lowest BCUT2D eigenvalue weighted by Crippen LogP contribution is -2.30. The molecule has 2 N–H and O–H groups in total. The largest absolute Gasteiger partial charge is 0.243 e. The number of rotatable bonds is 4. The Morgan fingerprint density at radius 2 is 1.70 bits per heavy atom. The van der Waals surface area contributed by atoms with E-state index in [0.717, 1.165) is 17.7 Å². The molecule has 23 heavy (non-hydrogen) atoms. The molecular formula is C14H16N2O4S3. The molecule has 3 rings (SSSR count). The topological polar surface area (TPSA) is 97.5 Å². The second kappa shape index (κ2) is 5.99. The summed E-state index contributed by atoms with van der Waals surface area (Å²) in [7, 11) is -7.51. The molecular weight excluding hydrogens is 356 g/mol. The van der Waals surface area contributed by atoms with Gasteiger partial charge in [0.05, 0.1) is 15.8 Å². The van der Waals surface area contributed by atoms with Crippen molar-refractivity contribution in [1.29, 1.82) is 0 Å². The molecule has 0 radical (unpaired) electrons. The van der Waals surface area contributed by atoms with Crippen LogP contribution >= 0.6 is 11.3 Å². The van der Waals surface area contributed by atoms with Gasteiger partial charge in [0.25, 0.3) is 0 Å². The molecule has 1 saturated heterocycles. The Bertz CT molecular complexity index is 888. The molecule has 124 valence electrons. The fourth-order valence-electron chi connectivity index (χ4n) is 2.73. The minimum atomic E-state index is -3.84. The zero-order valence-corrected chi connectivity index (χ0v) is 14.6. The molecule has 0 spiro atoms. The normalized spacial score (nSPS) is 20.0. The van der Waals surface area contributed by atoms with Crippen LogP contribution in [0.5, 0.6) is 0 Å². The monoisotopic (exact) mass is 372 g/mol. The number of thiophene rings is 1. The van der Waals surface area contributed by atoms with Gasteiger partial charge in [0.2, 0.25) is 20.0 Å². The van der Waals surface area contributed by atoms with Crippen LogP contribution < -0.4 is 5.14 Å². The van der Waals surface area contributed by atoms with Gasteiger partial charge in [0.1, 0.15) is 0 Å². The van der Waals surface area contributed by atoms with E-state index in [1.807, 2.05) is 17.5 Å². The Morgan fingerprint density at radius 3 is 2.26 bits per heavy atom. The summed E-state index contributed by atoms with van der Waals surface area (Å²) in [6.45, 7) is 0.460. The van der Waals surface area contributed by atoms with Gasteiger partial charge in [0.15, 0.2) is 0 Å². The highest BCUT2D eigenvalue weighted by Crippen LogP contribution is 2.38. The van der Waals surface area contributed by atoms with Crippen LogP contribution in [0.3, 0.4) is 0 Å². The molecule has 6 nitrogen and oxygen atoms in total. The number of nitrogens with zero attached hydrogens (tertiary/aromatic N) is 1. The van der Waals surface area contributed by atoms with Crippen LogP contribution in [0.2, 0.25) is 0 Å². The SMILES string of the molecule is NS(=O)(=O)c1ccc(S(=O)(=O)N2CCCC2c2cccs2)cc1. The second-order valence-corrected chi connectivity index (χ2v) is 9.74. The van der Waals surface area contributed by atoms with E-state index in [-0.39, 0.29) is 15.8 Å². The van der Waals surface area contributed by atoms with E-state index < -0.39 is 20.0 Å². The summed E-state index contributed by atoms with van der Waals surface area (Å²) in [5.41, 5.74) is 0. The molecule has 0 bridgehead atoms. The number of primary sulfonamides is 1. The predicted octanol–water partition coefficient (Wildman–Crippen LogP) is 1.92. The van der Waals surface area contributed by atoms with E-state index in [1.165, 1.54) is 39.9 Å². The first-order chi connectivity index (χ1) is 10.8. The molecule has 2 heterocycles. The van der Waals surface area contributed by atoms with Crippen molar-refractivity contribution in [2.75, 3.05) is 6.54 Å². The van der Waals surface area contributed by atoms with Crippen LogP contribution in [0.4, 0.5) is 0 Å². The van der Waals surface area contributed by atoms with Crippen molar-refractivity contribution >= 4 is 31.4 Å². The maximum Gasteiger partial charge on any atom is 0.243 e. The van der Waals surface area contributed by atoms with Gasteiger partial charge in [-0.3, -0.25) is 0 Å². The fraction of sp³-hybridized carbons (Fsp3) is 0.286. The number of hydrogen-bond acceptors (Lipinski definition) is 5. The minimum absolute atomic E-state index is 0.0772. The van der Waals surface area contributed by atoms with Crippen molar-refractivity contribution in [2.24, 2.45) is 5.14 Å². The molecule has 0 aliphatic carbocycles. The zero-order valence-electron chi connectivity index (χ0n) is 12.1. The third-order valence-corrected chi connectivity index (χ3v) is 7.66. The van der Waals surface area contributed by atoms with E-state index in [4.69, 9.17) is 5.14 Å². The zero-order chi connectivity index (χ0) is 16.7. The molecule has 1 aromatic carbocycles. The fourth-order valence-corrected chi connectivity index (χ4v) is 5.86. The van der Waals surface area contributed by atoms with Crippen LogP contribution in [-0.2, 0) is 20.0 Å². The van der Waals surface area contributed by atoms with Crippen molar-refractivity contribution in [3.05, 3.63) is 46.7 Å². The Morgan fingerprint density at radius 1 is 1.04 bits per heavy atom. The molecule has 9 heteroatoms. The number of hydrogen-bond donors (Lipinski definition) is 1. The van der Waals surface area contributed by atoms with Crippen molar-refractivity contribution < 1.29 is 16.8 Å². The highest BCUT2D eigenvalue weighted by atomic mass is 32.2. The Labute approximate surface area is 139 Å². The lowest BCUT2D eigenvalue weighted by molar-refractivity contribution is 0.401. The molecule has 1 aliphatic heterocycles. The van der Waals surface area contributed by atoms with E-state index in [0.29, 0.717) is 6.54 Å². The molecule has 2 aromatic rings.